The third-order valence-electron chi connectivity index (χ3n) is 2.51. The third kappa shape index (κ3) is 1.55. The topological polar surface area (TPSA) is 89.6 Å². The number of primary amides is 1. The first-order valence-electron chi connectivity index (χ1n) is 5.03. The zero-order valence-corrected chi connectivity index (χ0v) is 8.79. The fraction of sp³-hybridized carbons (Fsp3) is 0. The molecular formula is C11H9N5O. The molecule has 0 unspecified atom stereocenters. The van der Waals surface area contributed by atoms with Crippen molar-refractivity contribution >= 4 is 16.8 Å². The van der Waals surface area contributed by atoms with E-state index in [4.69, 9.17) is 5.73 Å². The number of hydrogen-bond acceptors (Lipinski definition) is 3. The Labute approximate surface area is 96.1 Å². The minimum absolute atomic E-state index is 0.0131. The molecule has 3 N–H and O–H groups in total. The first-order chi connectivity index (χ1) is 8.24. The maximum Gasteiger partial charge on any atom is 0.288 e. The van der Waals surface area contributed by atoms with Crippen LogP contribution in [0.25, 0.3) is 16.6 Å². The van der Waals surface area contributed by atoms with Crippen molar-refractivity contribution in [2.75, 3.05) is 0 Å². The number of nitrogens with two attached hydrogens (primary N) is 1. The van der Waals surface area contributed by atoms with Crippen LogP contribution in [-0.4, -0.2) is 25.7 Å². The van der Waals surface area contributed by atoms with Crippen molar-refractivity contribution < 1.29 is 4.79 Å². The summed E-state index contributed by atoms with van der Waals surface area (Å²) in [4.78, 5) is 17.8. The number of carbonyl (C=O) groups excluding carboxylic acids is 1. The van der Waals surface area contributed by atoms with E-state index >= 15 is 0 Å². The van der Waals surface area contributed by atoms with Gasteiger partial charge < -0.3 is 10.7 Å². The quantitative estimate of drug-likeness (QED) is 0.680. The van der Waals surface area contributed by atoms with E-state index in [1.165, 1.54) is 11.0 Å². The van der Waals surface area contributed by atoms with Gasteiger partial charge in [0.25, 0.3) is 5.91 Å². The molecule has 0 fully saturated rings. The van der Waals surface area contributed by atoms with Crippen LogP contribution < -0.4 is 5.73 Å². The first kappa shape index (κ1) is 9.59. The van der Waals surface area contributed by atoms with Crippen LogP contribution in [0, 0.1) is 0 Å². The lowest BCUT2D eigenvalue weighted by atomic mass is 10.2. The van der Waals surface area contributed by atoms with Gasteiger partial charge in [0.15, 0.2) is 0 Å². The van der Waals surface area contributed by atoms with Gasteiger partial charge in [-0.2, -0.15) is 0 Å². The van der Waals surface area contributed by atoms with Gasteiger partial charge in [0.1, 0.15) is 6.33 Å². The highest BCUT2D eigenvalue weighted by molar-refractivity contribution is 5.88. The Bertz CT molecular complexity index is 697. The number of H-pyrrole nitrogens is 1. The Morgan fingerprint density at radius 1 is 1.35 bits per heavy atom. The summed E-state index contributed by atoms with van der Waals surface area (Å²) in [5.74, 6) is -0.620. The van der Waals surface area contributed by atoms with Crippen LogP contribution in [0.2, 0.25) is 0 Å². The van der Waals surface area contributed by atoms with E-state index in [1.54, 1.807) is 0 Å². The van der Waals surface area contributed by atoms with Gasteiger partial charge in [0.05, 0.1) is 5.69 Å². The molecule has 0 radical (unpaired) electrons. The molecule has 84 valence electrons. The van der Waals surface area contributed by atoms with E-state index in [0.29, 0.717) is 0 Å². The Morgan fingerprint density at radius 3 is 3.00 bits per heavy atom. The summed E-state index contributed by atoms with van der Waals surface area (Å²) in [6, 6.07) is 7.74. The average Bonchev–Trinajstić information content (AvgIpc) is 2.97. The summed E-state index contributed by atoms with van der Waals surface area (Å²) in [5.41, 5.74) is 6.97. The van der Waals surface area contributed by atoms with Crippen molar-refractivity contribution in [1.29, 1.82) is 0 Å². The van der Waals surface area contributed by atoms with Gasteiger partial charge in [-0.3, -0.25) is 4.79 Å². The molecule has 6 nitrogen and oxygen atoms in total. The molecule has 0 aliphatic carbocycles. The van der Waals surface area contributed by atoms with Crippen LogP contribution in [0.4, 0.5) is 0 Å². The molecule has 0 saturated carbocycles. The van der Waals surface area contributed by atoms with Crippen LogP contribution in [0.5, 0.6) is 0 Å². The normalized spacial score (nSPS) is 10.8. The van der Waals surface area contributed by atoms with Crippen molar-refractivity contribution in [3.05, 3.63) is 42.6 Å². The molecule has 3 aromatic rings. The minimum Gasteiger partial charge on any atom is -0.363 e. The summed E-state index contributed by atoms with van der Waals surface area (Å²) in [6.45, 7) is 0. The van der Waals surface area contributed by atoms with Crippen molar-refractivity contribution in [2.45, 2.75) is 0 Å². The Kier molecular flexibility index (Phi) is 1.94. The van der Waals surface area contributed by atoms with Gasteiger partial charge in [-0.05, 0) is 24.3 Å². The number of benzene rings is 1. The van der Waals surface area contributed by atoms with Crippen LogP contribution in [0.3, 0.4) is 0 Å². The molecule has 0 aliphatic heterocycles. The van der Waals surface area contributed by atoms with Crippen molar-refractivity contribution in [1.82, 2.24) is 19.7 Å². The number of carbonyl (C=O) groups is 1. The molecule has 6 heteroatoms. The Morgan fingerprint density at radius 2 is 2.24 bits per heavy atom. The van der Waals surface area contributed by atoms with Crippen LogP contribution >= 0.6 is 0 Å². The fourth-order valence-corrected chi connectivity index (χ4v) is 1.68. The van der Waals surface area contributed by atoms with Gasteiger partial charge >= 0.3 is 0 Å². The number of nitrogens with one attached hydrogen (secondary N) is 1. The molecule has 0 atom stereocenters. The summed E-state index contributed by atoms with van der Waals surface area (Å²) in [5, 5.41) is 5.06. The number of amides is 1. The molecule has 0 spiro atoms. The summed E-state index contributed by atoms with van der Waals surface area (Å²) < 4.78 is 1.52. The number of aromatic amines is 1. The van der Waals surface area contributed by atoms with Crippen LogP contribution in [0.15, 0.2) is 36.8 Å². The second kappa shape index (κ2) is 3.44. The summed E-state index contributed by atoms with van der Waals surface area (Å²) in [6.07, 6.45) is 3.33. The molecule has 3 rings (SSSR count). The van der Waals surface area contributed by atoms with Crippen molar-refractivity contribution in [3.8, 4) is 5.69 Å². The Hall–Kier alpha value is -2.63. The second-order valence-corrected chi connectivity index (χ2v) is 3.63. The predicted octanol–water partition coefficient (Wildman–Crippen LogP) is 0.847. The largest absolute Gasteiger partial charge is 0.363 e. The molecule has 1 aromatic carbocycles. The van der Waals surface area contributed by atoms with Crippen LogP contribution in [-0.2, 0) is 0 Å². The van der Waals surface area contributed by atoms with Gasteiger partial charge in [-0.15, -0.1) is 5.10 Å². The number of hydrogen-bond donors (Lipinski definition) is 2. The van der Waals surface area contributed by atoms with Gasteiger partial charge in [0.2, 0.25) is 5.82 Å². The number of aromatic nitrogens is 4. The number of rotatable bonds is 2. The maximum atomic E-state index is 10.9. The fourth-order valence-electron chi connectivity index (χ4n) is 1.68. The highest BCUT2D eigenvalue weighted by Gasteiger charge is 2.08. The van der Waals surface area contributed by atoms with E-state index in [9.17, 15) is 4.79 Å². The Balaban J connectivity index is 2.09. The van der Waals surface area contributed by atoms with Crippen molar-refractivity contribution in [3.63, 3.8) is 0 Å². The van der Waals surface area contributed by atoms with Gasteiger partial charge in [-0.1, -0.05) is 0 Å². The standard InChI is InChI=1S/C11H9N5O/c12-10(17)11-14-6-16(15-11)8-1-2-9-7(5-8)3-4-13-9/h1-6,13H,(H2,12,17). The minimum atomic E-state index is -0.633. The molecule has 0 bridgehead atoms. The zero-order chi connectivity index (χ0) is 11.8. The van der Waals surface area contributed by atoms with Crippen LogP contribution in [0.1, 0.15) is 10.6 Å². The highest BCUT2D eigenvalue weighted by Crippen LogP contribution is 2.16. The van der Waals surface area contributed by atoms with Gasteiger partial charge in [0, 0.05) is 17.1 Å². The number of nitrogens with zero attached hydrogens (tertiary/aromatic N) is 3. The van der Waals surface area contributed by atoms with E-state index < -0.39 is 5.91 Å². The predicted molar refractivity (Wildman–Crippen MR) is 61.7 cm³/mol. The SMILES string of the molecule is NC(=O)c1ncn(-c2ccc3[nH]ccc3c2)n1. The lowest BCUT2D eigenvalue weighted by molar-refractivity contribution is 0.0990. The molecule has 17 heavy (non-hydrogen) atoms. The second-order valence-electron chi connectivity index (χ2n) is 3.63. The lowest BCUT2D eigenvalue weighted by Gasteiger charge is -1.99. The van der Waals surface area contributed by atoms with Crippen molar-refractivity contribution in [2.24, 2.45) is 5.73 Å². The molecule has 0 saturated heterocycles. The molecule has 2 aromatic heterocycles. The summed E-state index contributed by atoms with van der Waals surface area (Å²) in [7, 11) is 0. The number of fused-ring (bicyclic) bond motifs is 1. The smallest absolute Gasteiger partial charge is 0.288 e. The molecule has 0 aliphatic rings. The molecule has 1 amide bonds. The van der Waals surface area contributed by atoms with E-state index in [1.807, 2.05) is 30.5 Å². The van der Waals surface area contributed by atoms with Gasteiger partial charge in [-0.25, -0.2) is 9.67 Å². The third-order valence-corrected chi connectivity index (χ3v) is 2.51. The average molecular weight is 227 g/mol. The zero-order valence-electron chi connectivity index (χ0n) is 8.79. The summed E-state index contributed by atoms with van der Waals surface area (Å²) >= 11 is 0. The van der Waals surface area contributed by atoms with E-state index in [0.717, 1.165) is 16.6 Å². The first-order valence-corrected chi connectivity index (χ1v) is 5.03. The molecular weight excluding hydrogens is 218 g/mol. The maximum absolute atomic E-state index is 10.9. The molecule has 2 heterocycles. The van der Waals surface area contributed by atoms with E-state index in [2.05, 4.69) is 15.1 Å². The highest BCUT2D eigenvalue weighted by atomic mass is 16.1. The lowest BCUT2D eigenvalue weighted by Crippen LogP contribution is -2.13. The monoisotopic (exact) mass is 227 g/mol. The van der Waals surface area contributed by atoms with E-state index in [-0.39, 0.29) is 5.82 Å².